The summed E-state index contributed by atoms with van der Waals surface area (Å²) in [6.45, 7) is 5.44. The third kappa shape index (κ3) is 4.43. The first kappa shape index (κ1) is 20.9. The molecule has 2 aliphatic heterocycles. The van der Waals surface area contributed by atoms with E-state index in [4.69, 9.17) is 23.2 Å². The van der Waals surface area contributed by atoms with Gasteiger partial charge in [-0.15, -0.1) is 0 Å². The molecule has 0 aliphatic carbocycles. The number of carbonyl (C=O) groups excluding carboxylic acids is 1. The highest BCUT2D eigenvalue weighted by Crippen LogP contribution is 2.33. The summed E-state index contributed by atoms with van der Waals surface area (Å²) < 4.78 is 0. The molecule has 2 aliphatic rings. The van der Waals surface area contributed by atoms with E-state index in [1.54, 1.807) is 6.07 Å². The van der Waals surface area contributed by atoms with Crippen molar-refractivity contribution >= 4 is 35.1 Å². The van der Waals surface area contributed by atoms with Crippen LogP contribution in [0.2, 0.25) is 10.0 Å². The Morgan fingerprint density at radius 3 is 2.79 bits per heavy atom. The van der Waals surface area contributed by atoms with Gasteiger partial charge in [0.15, 0.2) is 0 Å². The van der Waals surface area contributed by atoms with Crippen molar-refractivity contribution in [3.8, 4) is 0 Å². The van der Waals surface area contributed by atoms with Crippen LogP contribution in [0.15, 0.2) is 18.3 Å². The zero-order valence-corrected chi connectivity index (χ0v) is 17.3. The number of nitrogens with zero attached hydrogens (tertiary/aromatic N) is 1. The molecule has 9 heteroatoms. The number of fused-ring (bicyclic) bond motifs is 1. The van der Waals surface area contributed by atoms with Crippen LogP contribution in [-0.2, 0) is 17.8 Å². The number of hydrazine groups is 1. The minimum absolute atomic E-state index is 0.133. The van der Waals surface area contributed by atoms with Crippen LogP contribution in [0.3, 0.4) is 0 Å². The Labute approximate surface area is 174 Å². The standard InChI is InChI=1S/C19H24Cl2N4O3/c1-10(2)25-6-4-12(24-25)8-15(19(27)28)23-18(26)16-14(20)7-11-9-22-5-3-13(11)17(16)21/h4,6-7,10,12,15,22,24H,3,5,8-9H2,1-2H3,(H,23,26)(H,27,28)/t12?,15-/m0/s1. The third-order valence-corrected chi connectivity index (χ3v) is 5.66. The fraction of sp³-hybridized carbons (Fsp3) is 0.474. The van der Waals surface area contributed by atoms with Gasteiger partial charge in [-0.25, -0.2) is 10.2 Å². The van der Waals surface area contributed by atoms with E-state index in [1.807, 2.05) is 31.1 Å². The molecule has 0 spiro atoms. The van der Waals surface area contributed by atoms with Crippen LogP contribution < -0.4 is 16.1 Å². The Bertz CT molecular complexity index is 813. The third-order valence-electron chi connectivity index (χ3n) is 4.95. The van der Waals surface area contributed by atoms with Gasteiger partial charge in [-0.3, -0.25) is 4.79 Å². The van der Waals surface area contributed by atoms with Gasteiger partial charge in [0.25, 0.3) is 5.91 Å². The average Bonchev–Trinajstić information content (AvgIpc) is 3.10. The summed E-state index contributed by atoms with van der Waals surface area (Å²) in [7, 11) is 0. The number of rotatable bonds is 6. The van der Waals surface area contributed by atoms with Crippen molar-refractivity contribution < 1.29 is 14.7 Å². The summed E-state index contributed by atoms with van der Waals surface area (Å²) in [6.07, 6.45) is 4.65. The molecular weight excluding hydrogens is 403 g/mol. The molecular formula is C19H24Cl2N4O3. The largest absolute Gasteiger partial charge is 0.480 e. The summed E-state index contributed by atoms with van der Waals surface area (Å²) in [5, 5.41) is 17.8. The van der Waals surface area contributed by atoms with Crippen molar-refractivity contribution in [1.29, 1.82) is 0 Å². The molecule has 0 bridgehead atoms. The molecule has 0 aromatic heterocycles. The van der Waals surface area contributed by atoms with E-state index in [1.165, 1.54) is 0 Å². The van der Waals surface area contributed by atoms with Gasteiger partial charge >= 0.3 is 5.97 Å². The van der Waals surface area contributed by atoms with Crippen LogP contribution in [0.25, 0.3) is 0 Å². The molecule has 0 saturated heterocycles. The maximum Gasteiger partial charge on any atom is 0.326 e. The molecule has 2 atom stereocenters. The lowest BCUT2D eigenvalue weighted by atomic mass is 9.97. The van der Waals surface area contributed by atoms with Gasteiger partial charge in [0.05, 0.1) is 15.6 Å². The number of benzene rings is 1. The number of nitrogens with one attached hydrogen (secondary N) is 3. The Balaban J connectivity index is 1.75. The van der Waals surface area contributed by atoms with Gasteiger partial charge < -0.3 is 20.7 Å². The summed E-state index contributed by atoms with van der Waals surface area (Å²) in [6, 6.07) is 0.694. The van der Waals surface area contributed by atoms with Crippen molar-refractivity contribution in [3.05, 3.63) is 45.1 Å². The lowest BCUT2D eigenvalue weighted by molar-refractivity contribution is -0.139. The quantitative estimate of drug-likeness (QED) is 0.557. The van der Waals surface area contributed by atoms with E-state index in [-0.39, 0.29) is 29.1 Å². The van der Waals surface area contributed by atoms with Crippen LogP contribution >= 0.6 is 23.2 Å². The molecule has 3 rings (SSSR count). The second kappa shape index (κ2) is 8.69. The number of carboxylic acids is 1. The first-order valence-electron chi connectivity index (χ1n) is 9.25. The summed E-state index contributed by atoms with van der Waals surface area (Å²) in [5.74, 6) is -1.69. The minimum Gasteiger partial charge on any atom is -0.480 e. The molecule has 0 fully saturated rings. The zero-order valence-electron chi connectivity index (χ0n) is 15.8. The Morgan fingerprint density at radius 2 is 2.14 bits per heavy atom. The number of halogens is 2. The van der Waals surface area contributed by atoms with E-state index in [9.17, 15) is 14.7 Å². The predicted molar refractivity (Wildman–Crippen MR) is 108 cm³/mol. The van der Waals surface area contributed by atoms with Gasteiger partial charge in [-0.2, -0.15) is 0 Å². The maximum absolute atomic E-state index is 12.8. The number of hydrogen-bond acceptors (Lipinski definition) is 5. The maximum atomic E-state index is 12.8. The Morgan fingerprint density at radius 1 is 1.39 bits per heavy atom. The molecule has 1 amide bonds. The summed E-state index contributed by atoms with van der Waals surface area (Å²) in [5.41, 5.74) is 5.18. The molecule has 0 saturated carbocycles. The second-order valence-corrected chi connectivity index (χ2v) is 8.08. The highest BCUT2D eigenvalue weighted by atomic mass is 35.5. The van der Waals surface area contributed by atoms with Gasteiger partial charge in [0.2, 0.25) is 0 Å². The normalized spacial score (nSPS) is 19.6. The highest BCUT2D eigenvalue weighted by molar-refractivity contribution is 6.40. The van der Waals surface area contributed by atoms with Crippen molar-refractivity contribution in [3.63, 3.8) is 0 Å². The number of carbonyl (C=O) groups is 2. The van der Waals surface area contributed by atoms with Crippen molar-refractivity contribution in [1.82, 2.24) is 21.1 Å². The van der Waals surface area contributed by atoms with E-state index < -0.39 is 17.9 Å². The fourth-order valence-corrected chi connectivity index (χ4v) is 4.18. The molecule has 7 nitrogen and oxygen atoms in total. The van der Waals surface area contributed by atoms with Gasteiger partial charge in [-0.1, -0.05) is 23.2 Å². The fourth-order valence-electron chi connectivity index (χ4n) is 3.41. The smallest absolute Gasteiger partial charge is 0.326 e. The molecule has 1 aromatic carbocycles. The first-order valence-corrected chi connectivity index (χ1v) is 10.0. The number of amides is 1. The van der Waals surface area contributed by atoms with Crippen molar-refractivity contribution in [2.75, 3.05) is 6.54 Å². The van der Waals surface area contributed by atoms with Crippen LogP contribution in [0, 0.1) is 0 Å². The Kier molecular flexibility index (Phi) is 6.50. The van der Waals surface area contributed by atoms with Crippen molar-refractivity contribution in [2.45, 2.75) is 51.4 Å². The molecule has 0 radical (unpaired) electrons. The van der Waals surface area contributed by atoms with E-state index in [0.717, 1.165) is 17.7 Å². The molecule has 1 unspecified atom stereocenters. The number of aliphatic carboxylic acids is 1. The van der Waals surface area contributed by atoms with E-state index in [0.29, 0.717) is 18.0 Å². The molecule has 4 N–H and O–H groups in total. The van der Waals surface area contributed by atoms with Crippen LogP contribution in [0.1, 0.15) is 41.8 Å². The van der Waals surface area contributed by atoms with Gasteiger partial charge in [-0.05, 0) is 56.5 Å². The monoisotopic (exact) mass is 426 g/mol. The topological polar surface area (TPSA) is 93.7 Å². The summed E-state index contributed by atoms with van der Waals surface area (Å²) in [4.78, 5) is 24.5. The predicted octanol–water partition coefficient (Wildman–Crippen LogP) is 2.32. The van der Waals surface area contributed by atoms with Gasteiger partial charge in [0.1, 0.15) is 6.04 Å². The molecule has 28 heavy (non-hydrogen) atoms. The van der Waals surface area contributed by atoms with Crippen LogP contribution in [0.5, 0.6) is 0 Å². The number of carboxylic acid groups (broad SMARTS) is 1. The lowest BCUT2D eigenvalue weighted by Gasteiger charge is -2.25. The molecule has 2 heterocycles. The average molecular weight is 427 g/mol. The SMILES string of the molecule is CC(C)N1C=CC(C[C@H](NC(=O)c2c(Cl)cc3c(c2Cl)CCNC3)C(=O)O)N1. The Hall–Kier alpha value is -1.80. The first-order chi connectivity index (χ1) is 13.3. The summed E-state index contributed by atoms with van der Waals surface area (Å²) >= 11 is 12.8. The van der Waals surface area contributed by atoms with Crippen LogP contribution in [0.4, 0.5) is 0 Å². The van der Waals surface area contributed by atoms with Gasteiger partial charge in [0, 0.05) is 24.8 Å². The number of hydrogen-bond donors (Lipinski definition) is 4. The lowest BCUT2D eigenvalue weighted by Crippen LogP contribution is -2.47. The molecule has 1 aromatic rings. The second-order valence-electron chi connectivity index (χ2n) is 7.29. The van der Waals surface area contributed by atoms with E-state index >= 15 is 0 Å². The van der Waals surface area contributed by atoms with Crippen molar-refractivity contribution in [2.24, 2.45) is 0 Å². The minimum atomic E-state index is -1.11. The molecule has 152 valence electrons. The van der Waals surface area contributed by atoms with Crippen LogP contribution in [-0.4, -0.2) is 46.7 Å². The zero-order chi connectivity index (χ0) is 20.4. The van der Waals surface area contributed by atoms with E-state index in [2.05, 4.69) is 16.1 Å². The highest BCUT2D eigenvalue weighted by Gasteiger charge is 2.29.